The molecule has 1 aromatic rings. The van der Waals surface area contributed by atoms with Crippen molar-refractivity contribution < 1.29 is 9.53 Å². The molecule has 4 heteroatoms. The normalized spacial score (nSPS) is 14.8. The summed E-state index contributed by atoms with van der Waals surface area (Å²) < 4.78 is 5.39. The van der Waals surface area contributed by atoms with Gasteiger partial charge in [0.05, 0.1) is 18.2 Å². The summed E-state index contributed by atoms with van der Waals surface area (Å²) in [5.41, 5.74) is 1.33. The van der Waals surface area contributed by atoms with Gasteiger partial charge >= 0.3 is 0 Å². The van der Waals surface area contributed by atoms with Crippen LogP contribution in [-0.2, 0) is 22.6 Å². The van der Waals surface area contributed by atoms with E-state index in [9.17, 15) is 4.79 Å². The summed E-state index contributed by atoms with van der Waals surface area (Å²) in [7, 11) is 0. The van der Waals surface area contributed by atoms with E-state index >= 15 is 0 Å². The summed E-state index contributed by atoms with van der Waals surface area (Å²) in [6.07, 6.45) is 2.52. The molecule has 2 rings (SSSR count). The van der Waals surface area contributed by atoms with Gasteiger partial charge in [0.15, 0.2) is 0 Å². The summed E-state index contributed by atoms with van der Waals surface area (Å²) in [5.74, 6) is 0.698. The largest absolute Gasteiger partial charge is 0.376 e. The topological polar surface area (TPSA) is 38.3 Å². The molecule has 0 saturated carbocycles. The Morgan fingerprint density at radius 2 is 2.41 bits per heavy atom. The third-order valence-corrected chi connectivity index (χ3v) is 3.92. The smallest absolute Gasteiger partial charge is 0.224 e. The second-order valence-electron chi connectivity index (χ2n) is 4.84. The van der Waals surface area contributed by atoms with Crippen LogP contribution in [0.2, 0.25) is 0 Å². The Bertz CT molecular complexity index is 375. The third-order valence-electron chi connectivity index (χ3n) is 2.86. The van der Waals surface area contributed by atoms with Gasteiger partial charge < -0.3 is 10.1 Å². The van der Waals surface area contributed by atoms with Gasteiger partial charge in [-0.25, -0.2) is 0 Å². The fourth-order valence-corrected chi connectivity index (χ4v) is 2.89. The average Bonchev–Trinajstić information content (AvgIpc) is 2.68. The van der Waals surface area contributed by atoms with Gasteiger partial charge in [0.2, 0.25) is 5.91 Å². The number of rotatable bonds is 4. The van der Waals surface area contributed by atoms with Gasteiger partial charge in [0.25, 0.3) is 0 Å². The summed E-state index contributed by atoms with van der Waals surface area (Å²) in [4.78, 5) is 13.0. The molecule has 0 unspecified atom stereocenters. The Kier molecular flexibility index (Phi) is 4.18. The molecule has 0 radical (unpaired) electrons. The number of thiophene rings is 1. The van der Waals surface area contributed by atoms with Crippen molar-refractivity contribution in [3.8, 4) is 0 Å². The van der Waals surface area contributed by atoms with Crippen molar-refractivity contribution >= 4 is 22.2 Å². The predicted molar refractivity (Wildman–Crippen MR) is 70.4 cm³/mol. The molecule has 0 saturated heterocycles. The molecule has 2 heterocycles. The second kappa shape index (κ2) is 5.65. The van der Waals surface area contributed by atoms with Crippen LogP contribution in [0.25, 0.3) is 0 Å². The molecule has 17 heavy (non-hydrogen) atoms. The first-order chi connectivity index (χ1) is 8.15. The van der Waals surface area contributed by atoms with E-state index in [0.29, 0.717) is 18.9 Å². The van der Waals surface area contributed by atoms with Crippen molar-refractivity contribution in [3.05, 3.63) is 16.5 Å². The van der Waals surface area contributed by atoms with E-state index in [1.165, 1.54) is 10.4 Å². The lowest BCUT2D eigenvalue weighted by Gasteiger charge is -2.10. The van der Waals surface area contributed by atoms with Gasteiger partial charge in [0, 0.05) is 11.3 Å². The van der Waals surface area contributed by atoms with Crippen LogP contribution in [0.1, 0.15) is 37.1 Å². The van der Waals surface area contributed by atoms with Gasteiger partial charge in [0.1, 0.15) is 0 Å². The van der Waals surface area contributed by atoms with Gasteiger partial charge in [-0.15, -0.1) is 11.3 Å². The number of ether oxygens (including phenoxy) is 1. The highest BCUT2D eigenvalue weighted by Gasteiger charge is 2.14. The van der Waals surface area contributed by atoms with Crippen LogP contribution in [0.3, 0.4) is 0 Å². The van der Waals surface area contributed by atoms with Crippen LogP contribution in [0.4, 0.5) is 5.00 Å². The van der Waals surface area contributed by atoms with E-state index in [1.807, 2.05) is 0 Å². The van der Waals surface area contributed by atoms with E-state index in [2.05, 4.69) is 25.2 Å². The van der Waals surface area contributed by atoms with E-state index in [1.54, 1.807) is 11.3 Å². The van der Waals surface area contributed by atoms with Crippen molar-refractivity contribution in [2.75, 3.05) is 11.9 Å². The van der Waals surface area contributed by atoms with Gasteiger partial charge in [-0.1, -0.05) is 13.8 Å². The molecule has 1 N–H and O–H groups in total. The Hall–Kier alpha value is -0.870. The molecule has 1 amide bonds. The third kappa shape index (κ3) is 3.54. The second-order valence-corrected chi connectivity index (χ2v) is 5.98. The van der Waals surface area contributed by atoms with Crippen molar-refractivity contribution in [2.45, 2.75) is 39.7 Å². The Balaban J connectivity index is 1.90. The lowest BCUT2D eigenvalue weighted by Crippen LogP contribution is -2.11. The summed E-state index contributed by atoms with van der Waals surface area (Å²) >= 11 is 1.64. The van der Waals surface area contributed by atoms with Gasteiger partial charge in [-0.2, -0.15) is 0 Å². The number of carbonyl (C=O) groups is 1. The molecule has 0 fully saturated rings. The molecule has 0 aliphatic carbocycles. The van der Waals surface area contributed by atoms with Crippen molar-refractivity contribution in [3.63, 3.8) is 0 Å². The zero-order valence-electron chi connectivity index (χ0n) is 10.4. The first kappa shape index (κ1) is 12.6. The number of hydrogen-bond donors (Lipinski definition) is 1. The standard InChI is InChI=1S/C13H19NO2S/c1-9(2)3-4-12(15)14-13-7-10-5-6-16-8-11(10)17-13/h7,9H,3-6,8H2,1-2H3,(H,14,15). The molecule has 0 spiro atoms. The lowest BCUT2D eigenvalue weighted by molar-refractivity contribution is -0.116. The fraction of sp³-hybridized carbons (Fsp3) is 0.615. The Morgan fingerprint density at radius 3 is 3.12 bits per heavy atom. The first-order valence-corrected chi connectivity index (χ1v) is 6.96. The first-order valence-electron chi connectivity index (χ1n) is 6.14. The highest BCUT2D eigenvalue weighted by molar-refractivity contribution is 7.16. The summed E-state index contributed by atoms with van der Waals surface area (Å²) in [6.45, 7) is 5.76. The van der Waals surface area contributed by atoms with Crippen molar-refractivity contribution in [2.24, 2.45) is 5.92 Å². The van der Waals surface area contributed by atoms with E-state index in [0.717, 1.165) is 24.4 Å². The van der Waals surface area contributed by atoms with Crippen LogP contribution in [0.15, 0.2) is 6.07 Å². The zero-order valence-corrected chi connectivity index (χ0v) is 11.2. The molecule has 1 aromatic heterocycles. The maximum atomic E-state index is 11.7. The number of carbonyl (C=O) groups excluding carboxylic acids is 1. The maximum absolute atomic E-state index is 11.7. The number of hydrogen-bond acceptors (Lipinski definition) is 3. The SMILES string of the molecule is CC(C)CCC(=O)Nc1cc2c(s1)COCC2. The Labute approximate surface area is 106 Å². The number of anilines is 1. The molecule has 0 atom stereocenters. The highest BCUT2D eigenvalue weighted by atomic mass is 32.1. The van der Waals surface area contributed by atoms with Crippen LogP contribution in [0.5, 0.6) is 0 Å². The summed E-state index contributed by atoms with van der Waals surface area (Å²) in [6, 6.07) is 2.09. The Morgan fingerprint density at radius 1 is 1.59 bits per heavy atom. The summed E-state index contributed by atoms with van der Waals surface area (Å²) in [5, 5.41) is 3.95. The van der Waals surface area contributed by atoms with Crippen LogP contribution < -0.4 is 5.32 Å². The van der Waals surface area contributed by atoms with Crippen molar-refractivity contribution in [1.82, 2.24) is 0 Å². The van der Waals surface area contributed by atoms with Crippen molar-refractivity contribution in [1.29, 1.82) is 0 Å². The molecule has 0 bridgehead atoms. The molecule has 0 aromatic carbocycles. The number of fused-ring (bicyclic) bond motifs is 1. The number of amides is 1. The maximum Gasteiger partial charge on any atom is 0.224 e. The van der Waals surface area contributed by atoms with Crippen LogP contribution in [-0.4, -0.2) is 12.5 Å². The average molecular weight is 253 g/mol. The van der Waals surface area contributed by atoms with Gasteiger partial charge in [-0.3, -0.25) is 4.79 Å². The molecule has 3 nitrogen and oxygen atoms in total. The molecular formula is C13H19NO2S. The van der Waals surface area contributed by atoms with Crippen LogP contribution in [0, 0.1) is 5.92 Å². The van der Waals surface area contributed by atoms with Gasteiger partial charge in [-0.05, 0) is 30.4 Å². The number of nitrogens with one attached hydrogen (secondary N) is 1. The fourth-order valence-electron chi connectivity index (χ4n) is 1.83. The molecular weight excluding hydrogens is 234 g/mol. The molecule has 1 aliphatic rings. The van der Waals surface area contributed by atoms with E-state index < -0.39 is 0 Å². The monoisotopic (exact) mass is 253 g/mol. The minimum Gasteiger partial charge on any atom is -0.376 e. The molecule has 94 valence electrons. The quantitative estimate of drug-likeness (QED) is 0.895. The minimum atomic E-state index is 0.123. The minimum absolute atomic E-state index is 0.123. The lowest BCUT2D eigenvalue weighted by atomic mass is 10.1. The zero-order chi connectivity index (χ0) is 12.3. The molecule has 1 aliphatic heterocycles. The highest BCUT2D eigenvalue weighted by Crippen LogP contribution is 2.30. The van der Waals surface area contributed by atoms with Crippen LogP contribution >= 0.6 is 11.3 Å². The van der Waals surface area contributed by atoms with E-state index in [4.69, 9.17) is 4.74 Å². The van der Waals surface area contributed by atoms with E-state index in [-0.39, 0.29) is 5.91 Å². The predicted octanol–water partition coefficient (Wildman–Crippen LogP) is 3.20.